The van der Waals surface area contributed by atoms with Gasteiger partial charge in [0.2, 0.25) is 0 Å². The summed E-state index contributed by atoms with van der Waals surface area (Å²) in [6.45, 7) is 0.978. The van der Waals surface area contributed by atoms with Crippen molar-refractivity contribution < 1.29 is 19.1 Å². The molecular weight excluding hydrogens is 165 g/mol. The van der Waals surface area contributed by atoms with E-state index in [4.69, 9.17) is 0 Å². The summed E-state index contributed by atoms with van der Waals surface area (Å²) in [6.07, 6.45) is 0.888. The Balaban J connectivity index is 2.26. The van der Waals surface area contributed by atoms with Crippen LogP contribution in [0.1, 0.15) is 12.8 Å². The van der Waals surface area contributed by atoms with Gasteiger partial charge in [0.25, 0.3) is 0 Å². The van der Waals surface area contributed by atoms with Crippen molar-refractivity contribution in [1.82, 2.24) is 4.90 Å². The first-order valence-electron chi connectivity index (χ1n) is 3.78. The van der Waals surface area contributed by atoms with Crippen LogP contribution in [0.5, 0.6) is 0 Å². The second-order valence-electron chi connectivity index (χ2n) is 2.76. The minimum atomic E-state index is -0.899. The number of nitrogens with zero attached hydrogens (tertiary/aromatic N) is 1. The molecule has 0 aliphatic carbocycles. The molecule has 1 heterocycles. The maximum absolute atomic E-state index is 11.3. The highest BCUT2D eigenvalue weighted by Crippen LogP contribution is 2.04. The van der Waals surface area contributed by atoms with E-state index in [9.17, 15) is 14.1 Å². The third-order valence-corrected chi connectivity index (χ3v) is 1.85. The fraction of sp³-hybridized carbons (Fsp3) is 0.714. The maximum atomic E-state index is 11.3. The Kier molecular flexibility index (Phi) is 3.16. The fourth-order valence-electron chi connectivity index (χ4n) is 1.17. The van der Waals surface area contributed by atoms with E-state index in [1.165, 1.54) is 0 Å². The van der Waals surface area contributed by atoms with Crippen molar-refractivity contribution in [2.24, 2.45) is 0 Å². The second-order valence-corrected chi connectivity index (χ2v) is 2.76. The lowest BCUT2D eigenvalue weighted by Gasteiger charge is -2.23. The minimum Gasteiger partial charge on any atom is -0.300 e. The molecule has 0 aromatic heterocycles. The van der Waals surface area contributed by atoms with Gasteiger partial charge in [-0.05, 0) is 0 Å². The molecule has 12 heavy (non-hydrogen) atoms. The average molecular weight is 175 g/mol. The minimum absolute atomic E-state index is 0.0657. The Morgan fingerprint density at radius 2 is 2.08 bits per heavy atom. The van der Waals surface area contributed by atoms with Crippen molar-refractivity contribution >= 4 is 11.8 Å². The lowest BCUT2D eigenvalue weighted by molar-refractivity contribution is -0.185. The number of carbonyl (C=O) groups excluding carboxylic acids is 2. The van der Waals surface area contributed by atoms with Crippen LogP contribution in [0.4, 0.5) is 4.53 Å². The summed E-state index contributed by atoms with van der Waals surface area (Å²) in [7, 11) is 0. The van der Waals surface area contributed by atoms with Gasteiger partial charge >= 0.3 is 5.97 Å². The molecule has 1 fully saturated rings. The van der Waals surface area contributed by atoms with Crippen LogP contribution in [0.25, 0.3) is 0 Å². The van der Waals surface area contributed by atoms with E-state index >= 15 is 0 Å². The monoisotopic (exact) mass is 175 g/mol. The standard InChI is InChI=1S/C7H10FNO3/c8-12-7(11)5-9-3-1-6(10)2-4-9/h1-5H2. The Morgan fingerprint density at radius 3 is 2.58 bits per heavy atom. The highest BCUT2D eigenvalue weighted by atomic mass is 19.3. The zero-order chi connectivity index (χ0) is 8.97. The van der Waals surface area contributed by atoms with Gasteiger partial charge in [0.1, 0.15) is 12.3 Å². The number of rotatable bonds is 2. The van der Waals surface area contributed by atoms with Crippen molar-refractivity contribution in [3.8, 4) is 0 Å². The van der Waals surface area contributed by atoms with Gasteiger partial charge in [0.15, 0.2) is 0 Å². The predicted molar refractivity (Wildman–Crippen MR) is 37.9 cm³/mol. The summed E-state index contributed by atoms with van der Waals surface area (Å²) < 4.78 is 11.3. The van der Waals surface area contributed by atoms with Crippen LogP contribution < -0.4 is 0 Å². The molecule has 0 radical (unpaired) electrons. The lowest BCUT2D eigenvalue weighted by atomic mass is 10.1. The highest BCUT2D eigenvalue weighted by Gasteiger charge is 2.18. The number of piperidine rings is 1. The number of Topliss-reactive ketones (excluding diaryl/α,β-unsaturated/α-hetero) is 1. The molecule has 1 saturated heterocycles. The summed E-state index contributed by atoms with van der Waals surface area (Å²) in [4.78, 5) is 25.9. The van der Waals surface area contributed by atoms with Crippen LogP contribution in [0.2, 0.25) is 0 Å². The van der Waals surface area contributed by atoms with E-state index in [0.29, 0.717) is 25.9 Å². The number of carbonyl (C=O) groups is 2. The smallest absolute Gasteiger partial charge is 0.300 e. The largest absolute Gasteiger partial charge is 0.362 e. The van der Waals surface area contributed by atoms with Gasteiger partial charge in [-0.1, -0.05) is 0 Å². The van der Waals surface area contributed by atoms with Crippen LogP contribution in [0.3, 0.4) is 0 Å². The number of ketones is 1. The van der Waals surface area contributed by atoms with Crippen LogP contribution >= 0.6 is 0 Å². The number of hydrogen-bond acceptors (Lipinski definition) is 4. The van der Waals surface area contributed by atoms with Crippen molar-refractivity contribution in [3.05, 3.63) is 0 Å². The lowest BCUT2D eigenvalue weighted by Crippen LogP contribution is -2.37. The molecule has 0 atom stereocenters. The van der Waals surface area contributed by atoms with Gasteiger partial charge in [-0.15, -0.1) is 0 Å². The summed E-state index contributed by atoms with van der Waals surface area (Å²) >= 11 is 0. The van der Waals surface area contributed by atoms with Crippen molar-refractivity contribution in [3.63, 3.8) is 0 Å². The fourth-order valence-corrected chi connectivity index (χ4v) is 1.17. The zero-order valence-electron chi connectivity index (χ0n) is 6.59. The first kappa shape index (κ1) is 9.12. The Hall–Kier alpha value is -0.970. The number of hydrogen-bond donors (Lipinski definition) is 0. The van der Waals surface area contributed by atoms with Crippen molar-refractivity contribution in [2.45, 2.75) is 12.8 Å². The molecule has 0 spiro atoms. The molecule has 4 nitrogen and oxygen atoms in total. The molecule has 0 unspecified atom stereocenters. The van der Waals surface area contributed by atoms with Gasteiger partial charge in [0, 0.05) is 30.5 Å². The number of likely N-dealkylation sites (tertiary alicyclic amines) is 1. The van der Waals surface area contributed by atoms with Crippen molar-refractivity contribution in [1.29, 1.82) is 0 Å². The predicted octanol–water partition coefficient (Wildman–Crippen LogP) is 0.0790. The third-order valence-electron chi connectivity index (χ3n) is 1.85. The van der Waals surface area contributed by atoms with E-state index in [2.05, 4.69) is 4.94 Å². The maximum Gasteiger partial charge on any atom is 0.362 e. The molecule has 1 aliphatic heterocycles. The highest BCUT2D eigenvalue weighted by molar-refractivity contribution is 5.79. The Bertz CT molecular complexity index is 185. The molecule has 0 amide bonds. The SMILES string of the molecule is O=C1CCN(CC(=O)OF)CC1. The number of halogens is 1. The van der Waals surface area contributed by atoms with Crippen LogP contribution in [-0.4, -0.2) is 36.3 Å². The molecular formula is C7H10FNO3. The van der Waals surface area contributed by atoms with E-state index in [0.717, 1.165) is 0 Å². The normalized spacial score (nSPS) is 19.2. The van der Waals surface area contributed by atoms with Gasteiger partial charge in [-0.3, -0.25) is 14.6 Å². The van der Waals surface area contributed by atoms with Crippen LogP contribution in [-0.2, 0) is 14.5 Å². The van der Waals surface area contributed by atoms with E-state index in [1.807, 2.05) is 0 Å². The van der Waals surface area contributed by atoms with Crippen LogP contribution in [0.15, 0.2) is 0 Å². The molecule has 68 valence electrons. The molecule has 1 rings (SSSR count). The Labute approximate surface area is 69.2 Å². The first-order chi connectivity index (χ1) is 5.72. The summed E-state index contributed by atoms with van der Waals surface area (Å²) in [6, 6.07) is 0. The molecule has 0 aromatic rings. The Morgan fingerprint density at radius 1 is 1.50 bits per heavy atom. The molecule has 0 bridgehead atoms. The summed E-state index contributed by atoms with van der Waals surface area (Å²) in [5.41, 5.74) is 0. The summed E-state index contributed by atoms with van der Waals surface area (Å²) in [5.74, 6) is -0.704. The van der Waals surface area contributed by atoms with E-state index in [-0.39, 0.29) is 12.3 Å². The molecule has 0 aromatic carbocycles. The van der Waals surface area contributed by atoms with E-state index < -0.39 is 5.97 Å². The zero-order valence-corrected chi connectivity index (χ0v) is 6.59. The molecule has 0 N–H and O–H groups in total. The average Bonchev–Trinajstić information content (AvgIpc) is 2.09. The molecule has 5 heteroatoms. The van der Waals surface area contributed by atoms with Crippen molar-refractivity contribution in [2.75, 3.05) is 19.6 Å². The van der Waals surface area contributed by atoms with Crippen LogP contribution in [0, 0.1) is 0 Å². The van der Waals surface area contributed by atoms with Gasteiger partial charge in [0.05, 0.1) is 0 Å². The molecule has 1 aliphatic rings. The van der Waals surface area contributed by atoms with Gasteiger partial charge in [-0.25, -0.2) is 4.79 Å². The van der Waals surface area contributed by atoms with Gasteiger partial charge in [-0.2, -0.15) is 0 Å². The van der Waals surface area contributed by atoms with Gasteiger partial charge < -0.3 is 0 Å². The first-order valence-corrected chi connectivity index (χ1v) is 3.78. The third kappa shape index (κ3) is 2.58. The quantitative estimate of drug-likeness (QED) is 0.596. The molecule has 0 saturated carbocycles. The second kappa shape index (κ2) is 4.15. The van der Waals surface area contributed by atoms with E-state index in [1.54, 1.807) is 4.90 Å². The summed E-state index contributed by atoms with van der Waals surface area (Å²) in [5, 5.41) is 0. The topological polar surface area (TPSA) is 46.6 Å².